The SMILES string of the molecule is CO[C@@H]1O[C@H]([C@H](O)[C@@H]2C(=O)N[C@H](CO[Si](c3ccccc3)(c3ccccc3)C(C)(C)C)[C@@H](O)CN2C)[C@H]2OC(C)(C)O[C@@H]12. The predicted molar refractivity (Wildman–Crippen MR) is 163 cm³/mol. The molecule has 0 unspecified atom stereocenters. The molecule has 11 heteroatoms. The number of hydrogen-bond acceptors (Lipinski definition) is 9. The Morgan fingerprint density at radius 1 is 1.05 bits per heavy atom. The first-order chi connectivity index (χ1) is 20.3. The van der Waals surface area contributed by atoms with E-state index in [4.69, 9.17) is 23.4 Å². The number of carbonyl (C=O) groups excluding carboxylic acids is 1. The number of hydrogen-bond donors (Lipinski definition) is 3. The van der Waals surface area contributed by atoms with E-state index >= 15 is 0 Å². The highest BCUT2D eigenvalue weighted by molar-refractivity contribution is 6.99. The van der Waals surface area contributed by atoms with Crippen LogP contribution in [0, 0.1) is 0 Å². The molecule has 0 radical (unpaired) electrons. The lowest BCUT2D eigenvalue weighted by atomic mass is 9.98. The van der Waals surface area contributed by atoms with E-state index < -0.39 is 68.9 Å². The van der Waals surface area contributed by atoms with Crippen molar-refractivity contribution in [2.75, 3.05) is 27.3 Å². The molecule has 3 aliphatic rings. The number of ether oxygens (including phenoxy) is 4. The van der Waals surface area contributed by atoms with Crippen molar-refractivity contribution in [3.05, 3.63) is 60.7 Å². The summed E-state index contributed by atoms with van der Waals surface area (Å²) >= 11 is 0. The monoisotopic (exact) mass is 614 g/mol. The number of fused-ring (bicyclic) bond motifs is 1. The Hall–Kier alpha value is -2.19. The van der Waals surface area contributed by atoms with Crippen LogP contribution in [0.25, 0.3) is 0 Å². The van der Waals surface area contributed by atoms with Crippen molar-refractivity contribution in [1.29, 1.82) is 0 Å². The number of β-amino-alcohol motifs (C(OH)–C–C–N with tert-alkyl or cyclic N) is 1. The van der Waals surface area contributed by atoms with Crippen molar-refractivity contribution in [2.24, 2.45) is 0 Å². The van der Waals surface area contributed by atoms with E-state index in [9.17, 15) is 15.0 Å². The van der Waals surface area contributed by atoms with Crippen molar-refractivity contribution in [3.63, 3.8) is 0 Å². The summed E-state index contributed by atoms with van der Waals surface area (Å²) in [6.07, 6.45) is -5.02. The Morgan fingerprint density at radius 3 is 2.14 bits per heavy atom. The van der Waals surface area contributed by atoms with Crippen LogP contribution in [0.2, 0.25) is 5.04 Å². The summed E-state index contributed by atoms with van der Waals surface area (Å²) in [5.74, 6) is -1.31. The number of rotatable bonds is 8. The molecule has 236 valence electrons. The highest BCUT2D eigenvalue weighted by Gasteiger charge is 2.59. The fourth-order valence-corrected chi connectivity index (χ4v) is 11.5. The summed E-state index contributed by atoms with van der Waals surface area (Å²) in [5.41, 5.74) is 0. The lowest BCUT2D eigenvalue weighted by molar-refractivity contribution is -0.239. The maximum Gasteiger partial charge on any atom is 0.261 e. The molecule has 3 heterocycles. The molecule has 3 saturated heterocycles. The number of aliphatic hydroxyl groups excluding tert-OH is 2. The molecule has 43 heavy (non-hydrogen) atoms. The van der Waals surface area contributed by atoms with Gasteiger partial charge in [-0.05, 0) is 36.3 Å². The molecule has 1 amide bonds. The third kappa shape index (κ3) is 6.07. The zero-order valence-electron chi connectivity index (χ0n) is 26.1. The molecular formula is C32H46N2O8Si. The van der Waals surface area contributed by atoms with E-state index in [1.54, 1.807) is 25.8 Å². The van der Waals surface area contributed by atoms with Gasteiger partial charge in [-0.2, -0.15) is 0 Å². The van der Waals surface area contributed by atoms with Crippen molar-refractivity contribution < 1.29 is 38.4 Å². The molecule has 2 aromatic rings. The van der Waals surface area contributed by atoms with E-state index in [2.05, 4.69) is 50.4 Å². The fraction of sp³-hybridized carbons (Fsp3) is 0.594. The van der Waals surface area contributed by atoms with E-state index in [1.807, 2.05) is 36.4 Å². The normalized spacial score (nSPS) is 32.2. The second-order valence-electron chi connectivity index (χ2n) is 13.3. The second-order valence-corrected chi connectivity index (χ2v) is 17.6. The maximum absolute atomic E-state index is 13.8. The molecule has 0 bridgehead atoms. The van der Waals surface area contributed by atoms with Gasteiger partial charge in [-0.25, -0.2) is 0 Å². The number of nitrogens with one attached hydrogen (secondary N) is 1. The number of methoxy groups -OCH3 is 1. The average Bonchev–Trinajstić information content (AvgIpc) is 3.41. The third-order valence-corrected chi connectivity index (χ3v) is 13.9. The smallest absolute Gasteiger partial charge is 0.261 e. The van der Waals surface area contributed by atoms with Gasteiger partial charge >= 0.3 is 0 Å². The highest BCUT2D eigenvalue weighted by Crippen LogP contribution is 2.41. The van der Waals surface area contributed by atoms with Gasteiger partial charge in [-0.1, -0.05) is 81.4 Å². The van der Waals surface area contributed by atoms with Crippen molar-refractivity contribution in [3.8, 4) is 0 Å². The van der Waals surface area contributed by atoms with Crippen LogP contribution in [0.3, 0.4) is 0 Å². The Morgan fingerprint density at radius 2 is 1.60 bits per heavy atom. The predicted octanol–water partition coefficient (Wildman–Crippen LogP) is 0.975. The van der Waals surface area contributed by atoms with Gasteiger partial charge in [-0.3, -0.25) is 9.69 Å². The number of carbonyl (C=O) groups is 1. The van der Waals surface area contributed by atoms with Crippen LogP contribution in [0.5, 0.6) is 0 Å². The van der Waals surface area contributed by atoms with Gasteiger partial charge in [-0.15, -0.1) is 0 Å². The molecule has 10 nitrogen and oxygen atoms in total. The van der Waals surface area contributed by atoms with E-state index in [0.717, 1.165) is 10.4 Å². The summed E-state index contributed by atoms with van der Waals surface area (Å²) in [5, 5.41) is 27.9. The summed E-state index contributed by atoms with van der Waals surface area (Å²) < 4.78 is 30.5. The Labute approximate surface area is 255 Å². The number of likely N-dealkylation sites (N-methyl/N-ethyl adjacent to an activating group) is 1. The molecule has 5 rings (SSSR count). The van der Waals surface area contributed by atoms with Gasteiger partial charge < -0.3 is 38.9 Å². The van der Waals surface area contributed by atoms with Crippen LogP contribution >= 0.6 is 0 Å². The van der Waals surface area contributed by atoms with E-state index in [0.29, 0.717) is 0 Å². The molecule has 8 atom stereocenters. The molecule has 2 aromatic carbocycles. The molecule has 3 aliphatic heterocycles. The van der Waals surface area contributed by atoms with Gasteiger partial charge in [0.15, 0.2) is 12.1 Å². The molecule has 0 saturated carbocycles. The van der Waals surface area contributed by atoms with E-state index in [1.165, 1.54) is 7.11 Å². The first-order valence-corrected chi connectivity index (χ1v) is 16.9. The zero-order valence-corrected chi connectivity index (χ0v) is 27.1. The van der Waals surface area contributed by atoms with Crippen molar-refractivity contribution in [1.82, 2.24) is 10.2 Å². The standard InChI is InChI=1S/C32H46N2O8Si/c1-31(2,3)43(20-14-10-8-11-15-20,21-16-12-9-13-17-21)39-19-22-23(35)18-34(6)24(29(37)33-22)25(36)26-27-28(30(38-7)40-26)42-32(4,5)41-27/h8-17,22-28,30,35-36H,18-19H2,1-7H3,(H,33,37)/t22-,23+,24-,25-,26-,27-,28-,30-/m1/s1. The highest BCUT2D eigenvalue weighted by atomic mass is 28.4. The number of aliphatic hydroxyl groups is 2. The van der Waals surface area contributed by atoms with Gasteiger partial charge in [0.1, 0.15) is 30.5 Å². The molecule has 3 N–H and O–H groups in total. The van der Waals surface area contributed by atoms with E-state index in [-0.39, 0.29) is 18.2 Å². The zero-order chi connectivity index (χ0) is 31.2. The quantitative estimate of drug-likeness (QED) is 0.374. The minimum atomic E-state index is -2.91. The fourth-order valence-electron chi connectivity index (χ4n) is 6.88. The van der Waals surface area contributed by atoms with Crippen LogP contribution in [0.4, 0.5) is 0 Å². The number of amides is 1. The van der Waals surface area contributed by atoms with Crippen LogP contribution in [0.15, 0.2) is 60.7 Å². The Kier molecular flexibility index (Phi) is 9.21. The van der Waals surface area contributed by atoms with Crippen molar-refractivity contribution >= 4 is 24.6 Å². The summed E-state index contributed by atoms with van der Waals surface area (Å²) in [7, 11) is 0.300. The Balaban J connectivity index is 1.39. The van der Waals surface area contributed by atoms with Gasteiger partial charge in [0.05, 0.1) is 18.8 Å². The van der Waals surface area contributed by atoms with Gasteiger partial charge in [0.2, 0.25) is 5.91 Å². The molecular weight excluding hydrogens is 568 g/mol. The number of nitrogens with zero attached hydrogens (tertiary/aromatic N) is 1. The summed E-state index contributed by atoms with van der Waals surface area (Å²) in [4.78, 5) is 15.4. The van der Waals surface area contributed by atoms with Crippen LogP contribution < -0.4 is 15.7 Å². The third-order valence-electron chi connectivity index (χ3n) is 8.85. The first kappa shape index (κ1) is 32.2. The first-order valence-electron chi connectivity index (χ1n) is 14.9. The molecule has 0 spiro atoms. The van der Waals surface area contributed by atoms with Crippen LogP contribution in [-0.2, 0) is 28.2 Å². The van der Waals surface area contributed by atoms with Gasteiger partial charge in [0, 0.05) is 13.7 Å². The minimum absolute atomic E-state index is 0.0956. The molecule has 0 aromatic heterocycles. The summed E-state index contributed by atoms with van der Waals surface area (Å²) in [6, 6.07) is 18.7. The maximum atomic E-state index is 13.8. The topological polar surface area (TPSA) is 119 Å². The average molecular weight is 615 g/mol. The van der Waals surface area contributed by atoms with Gasteiger partial charge in [0.25, 0.3) is 8.32 Å². The Bertz CT molecular complexity index is 1200. The van der Waals surface area contributed by atoms with Crippen LogP contribution in [-0.4, -0.2) is 111 Å². The largest absolute Gasteiger partial charge is 0.405 e. The lowest BCUT2D eigenvalue weighted by Gasteiger charge is -2.44. The molecule has 3 fully saturated rings. The second kappa shape index (κ2) is 12.3. The molecule has 0 aliphatic carbocycles. The number of benzene rings is 2. The minimum Gasteiger partial charge on any atom is -0.405 e. The summed E-state index contributed by atoms with van der Waals surface area (Å²) in [6.45, 7) is 10.3. The van der Waals surface area contributed by atoms with Crippen LogP contribution in [0.1, 0.15) is 34.6 Å². The lowest BCUT2D eigenvalue weighted by Crippen LogP contribution is -2.67. The van der Waals surface area contributed by atoms with Crippen molar-refractivity contribution in [2.45, 2.75) is 94.3 Å².